The van der Waals surface area contributed by atoms with Crippen molar-refractivity contribution in [2.45, 2.75) is 19.3 Å². The van der Waals surface area contributed by atoms with E-state index in [-0.39, 0.29) is 0 Å². The molecule has 0 aliphatic rings. The summed E-state index contributed by atoms with van der Waals surface area (Å²) in [5.74, 6) is 0. The van der Waals surface area contributed by atoms with Crippen molar-refractivity contribution in [3.63, 3.8) is 0 Å². The maximum absolute atomic E-state index is 11.7. The van der Waals surface area contributed by atoms with Crippen LogP contribution in [-0.2, 0) is 14.8 Å². The monoisotopic (exact) mass is 219 g/mol. The van der Waals surface area contributed by atoms with Gasteiger partial charge in [-0.3, -0.25) is 4.31 Å². The predicted octanol–water partition coefficient (Wildman–Crippen LogP) is 1.33. The third kappa shape index (κ3) is 2.85. The molecular weight excluding hydrogens is 202 g/mol. The van der Waals surface area contributed by atoms with Crippen LogP contribution in [0.2, 0.25) is 0 Å². The molecule has 0 aromatic carbocycles. The van der Waals surface area contributed by atoms with Crippen LogP contribution in [0.5, 0.6) is 0 Å². The van der Waals surface area contributed by atoms with Crippen LogP contribution in [0.3, 0.4) is 0 Å². The maximum atomic E-state index is 11.7. The maximum Gasteiger partial charge on any atom is 0.261 e. The Labute approximate surface area is 85.9 Å². The largest absolute Gasteiger partial charge is 0.364 e. The van der Waals surface area contributed by atoms with Gasteiger partial charge in [-0.05, 0) is 19.9 Å². The summed E-state index contributed by atoms with van der Waals surface area (Å²) in [5.41, 5.74) is -0.246. The molecule has 0 bridgehead atoms. The fraction of sp³-hybridized carbons (Fsp3) is 0.556. The Bertz CT molecular complexity index is 319. The first kappa shape index (κ1) is 13.2. The zero-order chi connectivity index (χ0) is 11.4. The Hall–Kier alpha value is -0.810. The molecule has 0 aliphatic carbocycles. The van der Waals surface area contributed by atoms with Crippen LogP contribution in [0.1, 0.15) is 13.8 Å². The van der Waals surface area contributed by atoms with Crippen LogP contribution in [0, 0.1) is 0 Å². The Morgan fingerprint density at radius 1 is 1.57 bits per heavy atom. The van der Waals surface area contributed by atoms with Crippen molar-refractivity contribution >= 4 is 10.0 Å². The Balaban J connectivity index is 4.94. The molecule has 0 N–H and O–H groups in total. The summed E-state index contributed by atoms with van der Waals surface area (Å²) >= 11 is 0. The minimum atomic E-state index is -3.42. The van der Waals surface area contributed by atoms with Gasteiger partial charge < -0.3 is 4.74 Å². The highest BCUT2D eigenvalue weighted by Gasteiger charge is 2.25. The van der Waals surface area contributed by atoms with Crippen molar-refractivity contribution in [2.75, 3.05) is 14.2 Å². The first-order valence-electron chi connectivity index (χ1n) is 4.17. The third-order valence-electron chi connectivity index (χ3n) is 1.99. The van der Waals surface area contributed by atoms with Crippen LogP contribution in [0.15, 0.2) is 24.4 Å². The Morgan fingerprint density at radius 2 is 2.07 bits per heavy atom. The van der Waals surface area contributed by atoms with Crippen molar-refractivity contribution in [1.29, 1.82) is 0 Å². The molecule has 82 valence electrons. The van der Waals surface area contributed by atoms with E-state index in [0.717, 1.165) is 0 Å². The highest BCUT2D eigenvalue weighted by atomic mass is 32.2. The van der Waals surface area contributed by atoms with Crippen molar-refractivity contribution in [2.24, 2.45) is 0 Å². The van der Waals surface area contributed by atoms with Gasteiger partial charge in [-0.15, -0.1) is 0 Å². The summed E-state index contributed by atoms with van der Waals surface area (Å²) in [6, 6.07) is 0. The van der Waals surface area contributed by atoms with Gasteiger partial charge in [0.15, 0.2) is 5.44 Å². The highest BCUT2D eigenvalue weighted by Crippen LogP contribution is 2.13. The number of nitrogens with zero attached hydrogens (tertiary/aromatic N) is 1. The molecule has 1 unspecified atom stereocenters. The molecule has 1 atom stereocenters. The number of methoxy groups -OCH3 is 1. The van der Waals surface area contributed by atoms with Gasteiger partial charge in [0, 0.05) is 19.9 Å². The molecule has 0 spiro atoms. The molecule has 14 heavy (non-hydrogen) atoms. The second-order valence-corrected chi connectivity index (χ2v) is 5.10. The lowest BCUT2D eigenvalue weighted by Gasteiger charge is -2.23. The average molecular weight is 219 g/mol. The number of sulfonamides is 1. The standard InChI is InChI=1S/C9H17NO3S/c1-6-7-8(2)10(4)14(11,12)9(3)13-5/h6-7,9H,1H2,2-5H3/b8-7+. The van der Waals surface area contributed by atoms with Gasteiger partial charge in [0.2, 0.25) is 0 Å². The second kappa shape index (κ2) is 5.17. The molecule has 0 amide bonds. The average Bonchev–Trinajstić information content (AvgIpc) is 2.15. The number of rotatable bonds is 5. The molecule has 0 aromatic rings. The fourth-order valence-corrected chi connectivity index (χ4v) is 1.97. The van der Waals surface area contributed by atoms with E-state index >= 15 is 0 Å². The lowest BCUT2D eigenvalue weighted by Crippen LogP contribution is -2.34. The van der Waals surface area contributed by atoms with Crippen LogP contribution in [0.25, 0.3) is 0 Å². The van der Waals surface area contributed by atoms with Crippen molar-refractivity contribution in [3.05, 3.63) is 24.4 Å². The highest BCUT2D eigenvalue weighted by molar-refractivity contribution is 7.89. The minimum absolute atomic E-state index is 0.601. The first-order valence-corrected chi connectivity index (χ1v) is 5.68. The topological polar surface area (TPSA) is 46.6 Å². The smallest absolute Gasteiger partial charge is 0.261 e. The van der Waals surface area contributed by atoms with Crippen LogP contribution in [0.4, 0.5) is 0 Å². The summed E-state index contributed by atoms with van der Waals surface area (Å²) in [5, 5.41) is 0. The summed E-state index contributed by atoms with van der Waals surface area (Å²) in [7, 11) is -0.565. The van der Waals surface area contributed by atoms with E-state index in [9.17, 15) is 8.42 Å². The molecule has 0 fully saturated rings. The van der Waals surface area contributed by atoms with E-state index in [2.05, 4.69) is 6.58 Å². The molecule has 4 nitrogen and oxygen atoms in total. The molecule has 0 aromatic heterocycles. The molecular formula is C9H17NO3S. The van der Waals surface area contributed by atoms with Gasteiger partial charge in [-0.1, -0.05) is 12.7 Å². The number of ether oxygens (including phenoxy) is 1. The number of hydrogen-bond acceptors (Lipinski definition) is 3. The molecule has 0 radical (unpaired) electrons. The lowest BCUT2D eigenvalue weighted by atomic mass is 10.4. The van der Waals surface area contributed by atoms with Gasteiger partial charge >= 0.3 is 0 Å². The quantitative estimate of drug-likeness (QED) is 0.655. The van der Waals surface area contributed by atoms with E-state index in [4.69, 9.17) is 4.74 Å². The molecule has 0 heterocycles. The van der Waals surface area contributed by atoms with E-state index in [0.29, 0.717) is 5.70 Å². The van der Waals surface area contributed by atoms with Crippen molar-refractivity contribution < 1.29 is 13.2 Å². The van der Waals surface area contributed by atoms with Gasteiger partial charge in [0.1, 0.15) is 0 Å². The fourth-order valence-electron chi connectivity index (χ4n) is 0.820. The molecule has 0 saturated carbocycles. The lowest BCUT2D eigenvalue weighted by molar-refractivity contribution is 0.173. The zero-order valence-corrected chi connectivity index (χ0v) is 9.84. The Kier molecular flexibility index (Phi) is 4.87. The first-order chi connectivity index (χ1) is 6.37. The summed E-state index contributed by atoms with van der Waals surface area (Å²) in [4.78, 5) is 0. The van der Waals surface area contributed by atoms with Gasteiger partial charge in [0.05, 0.1) is 0 Å². The molecule has 0 aliphatic heterocycles. The normalized spacial score (nSPS) is 15.0. The number of hydrogen-bond donors (Lipinski definition) is 0. The molecule has 0 rings (SSSR count). The minimum Gasteiger partial charge on any atom is -0.364 e. The van der Waals surface area contributed by atoms with Gasteiger partial charge in [-0.25, -0.2) is 8.42 Å². The molecule has 5 heteroatoms. The second-order valence-electron chi connectivity index (χ2n) is 2.86. The van der Waals surface area contributed by atoms with Gasteiger partial charge in [-0.2, -0.15) is 0 Å². The van der Waals surface area contributed by atoms with E-state index in [1.165, 1.54) is 25.4 Å². The zero-order valence-electron chi connectivity index (χ0n) is 9.02. The van der Waals surface area contributed by atoms with Gasteiger partial charge in [0.25, 0.3) is 10.0 Å². The SMILES string of the molecule is C=C/C=C(\C)N(C)S(=O)(=O)C(C)OC. The van der Waals surface area contributed by atoms with E-state index in [1.54, 1.807) is 19.1 Å². The Morgan fingerprint density at radius 3 is 2.43 bits per heavy atom. The third-order valence-corrected chi connectivity index (χ3v) is 4.07. The van der Waals surface area contributed by atoms with Crippen LogP contribution in [-0.4, -0.2) is 32.3 Å². The number of allylic oxidation sites excluding steroid dienone is 3. The van der Waals surface area contributed by atoms with Crippen LogP contribution >= 0.6 is 0 Å². The summed E-state index contributed by atoms with van der Waals surface area (Å²) < 4.78 is 29.4. The van der Waals surface area contributed by atoms with Crippen molar-refractivity contribution in [1.82, 2.24) is 4.31 Å². The van der Waals surface area contributed by atoms with Crippen LogP contribution < -0.4 is 0 Å². The molecule has 0 saturated heterocycles. The summed E-state index contributed by atoms with van der Waals surface area (Å²) in [6.45, 7) is 6.69. The van der Waals surface area contributed by atoms with Crippen molar-refractivity contribution in [3.8, 4) is 0 Å². The van der Waals surface area contributed by atoms with E-state index < -0.39 is 15.5 Å². The summed E-state index contributed by atoms with van der Waals surface area (Å²) in [6.07, 6.45) is 3.17. The predicted molar refractivity (Wildman–Crippen MR) is 57.1 cm³/mol. The van der Waals surface area contributed by atoms with E-state index in [1.807, 2.05) is 0 Å².